The van der Waals surface area contributed by atoms with E-state index in [9.17, 15) is 18.3 Å². The van der Waals surface area contributed by atoms with Crippen LogP contribution in [0, 0.1) is 31.3 Å². The van der Waals surface area contributed by atoms with Gasteiger partial charge in [-0.1, -0.05) is 18.2 Å². The third-order valence-electron chi connectivity index (χ3n) is 4.48. The van der Waals surface area contributed by atoms with Crippen molar-refractivity contribution >= 4 is 0 Å². The molecular formula is C20H20F3N3O. The second kappa shape index (κ2) is 7.94. The first-order valence-corrected chi connectivity index (χ1v) is 8.52. The van der Waals surface area contributed by atoms with E-state index in [-0.39, 0.29) is 17.8 Å². The average molecular weight is 375 g/mol. The van der Waals surface area contributed by atoms with Gasteiger partial charge in [0.2, 0.25) is 0 Å². The third-order valence-corrected chi connectivity index (χ3v) is 4.48. The summed E-state index contributed by atoms with van der Waals surface area (Å²) < 4.78 is 42.3. The van der Waals surface area contributed by atoms with E-state index in [0.29, 0.717) is 17.9 Å². The number of aliphatic hydroxyl groups excluding tert-OH is 1. The van der Waals surface area contributed by atoms with Crippen LogP contribution in [-0.4, -0.2) is 21.4 Å². The van der Waals surface area contributed by atoms with E-state index < -0.39 is 23.6 Å². The van der Waals surface area contributed by atoms with Crippen molar-refractivity contribution < 1.29 is 18.3 Å². The molecule has 7 heteroatoms. The Morgan fingerprint density at radius 3 is 2.52 bits per heavy atom. The highest BCUT2D eigenvalue weighted by Crippen LogP contribution is 2.21. The number of halogens is 3. The first-order valence-electron chi connectivity index (χ1n) is 8.52. The Morgan fingerprint density at radius 2 is 1.81 bits per heavy atom. The van der Waals surface area contributed by atoms with Crippen molar-refractivity contribution in [1.82, 2.24) is 15.1 Å². The molecule has 2 aromatic carbocycles. The molecule has 0 fully saturated rings. The predicted molar refractivity (Wildman–Crippen MR) is 96.0 cm³/mol. The summed E-state index contributed by atoms with van der Waals surface area (Å²) in [6, 6.07) is 9.39. The molecule has 0 aliphatic rings. The monoisotopic (exact) mass is 375 g/mol. The number of benzene rings is 2. The summed E-state index contributed by atoms with van der Waals surface area (Å²) in [5.41, 5.74) is 2.60. The Bertz CT molecular complexity index is 956. The van der Waals surface area contributed by atoms with Crippen LogP contribution in [0.25, 0.3) is 5.69 Å². The van der Waals surface area contributed by atoms with Gasteiger partial charge in [0.15, 0.2) is 5.82 Å². The van der Waals surface area contributed by atoms with Crippen LogP contribution in [-0.2, 0) is 6.54 Å². The molecule has 1 unspecified atom stereocenters. The SMILES string of the molecule is Cc1nn(-c2ccc(F)cc2F)c(C)c1CNCC(O)c1ccccc1F. The van der Waals surface area contributed by atoms with E-state index in [1.165, 1.54) is 28.9 Å². The van der Waals surface area contributed by atoms with Crippen LogP contribution in [0.2, 0.25) is 0 Å². The molecule has 1 aromatic heterocycles. The third kappa shape index (κ3) is 4.04. The quantitative estimate of drug-likeness (QED) is 0.690. The second-order valence-corrected chi connectivity index (χ2v) is 6.33. The first kappa shape index (κ1) is 19.1. The van der Waals surface area contributed by atoms with Crippen LogP contribution in [0.4, 0.5) is 13.2 Å². The first-order chi connectivity index (χ1) is 12.9. The van der Waals surface area contributed by atoms with Gasteiger partial charge < -0.3 is 10.4 Å². The topological polar surface area (TPSA) is 50.1 Å². The standard InChI is InChI=1S/C20H20F3N3O/c1-12-16(10-24-11-20(27)15-5-3-4-6-17(15)22)13(2)26(25-12)19-8-7-14(21)9-18(19)23/h3-9,20,24,27H,10-11H2,1-2H3. The molecule has 142 valence electrons. The molecule has 4 nitrogen and oxygen atoms in total. The summed E-state index contributed by atoms with van der Waals surface area (Å²) in [6.45, 7) is 4.09. The van der Waals surface area contributed by atoms with Gasteiger partial charge >= 0.3 is 0 Å². The van der Waals surface area contributed by atoms with E-state index in [1.54, 1.807) is 26.0 Å². The van der Waals surface area contributed by atoms with Crippen molar-refractivity contribution in [2.75, 3.05) is 6.54 Å². The number of rotatable bonds is 6. The summed E-state index contributed by atoms with van der Waals surface area (Å²) in [6.07, 6.45) is -0.989. The van der Waals surface area contributed by atoms with Crippen LogP contribution in [0.1, 0.15) is 28.6 Å². The van der Waals surface area contributed by atoms with E-state index in [2.05, 4.69) is 10.4 Å². The van der Waals surface area contributed by atoms with Gasteiger partial charge in [-0.25, -0.2) is 17.9 Å². The summed E-state index contributed by atoms with van der Waals surface area (Å²) in [4.78, 5) is 0. The van der Waals surface area contributed by atoms with E-state index in [4.69, 9.17) is 0 Å². The zero-order valence-corrected chi connectivity index (χ0v) is 15.0. The maximum Gasteiger partial charge on any atom is 0.151 e. The maximum absolute atomic E-state index is 14.1. The van der Waals surface area contributed by atoms with Crippen LogP contribution < -0.4 is 5.32 Å². The van der Waals surface area contributed by atoms with Gasteiger partial charge in [-0.3, -0.25) is 0 Å². The van der Waals surface area contributed by atoms with E-state index in [1.807, 2.05) is 0 Å². The van der Waals surface area contributed by atoms with Crippen molar-refractivity contribution in [1.29, 1.82) is 0 Å². The minimum atomic E-state index is -0.989. The lowest BCUT2D eigenvalue weighted by Gasteiger charge is -2.13. The summed E-state index contributed by atoms with van der Waals surface area (Å²) in [5.74, 6) is -1.81. The molecule has 0 spiro atoms. The number of nitrogens with zero attached hydrogens (tertiary/aromatic N) is 2. The van der Waals surface area contributed by atoms with Crippen LogP contribution in [0.15, 0.2) is 42.5 Å². The fourth-order valence-electron chi connectivity index (χ4n) is 3.01. The molecule has 3 aromatic rings. The minimum absolute atomic E-state index is 0.149. The lowest BCUT2D eigenvalue weighted by Crippen LogP contribution is -2.22. The van der Waals surface area contributed by atoms with Gasteiger partial charge in [0, 0.05) is 36.0 Å². The van der Waals surface area contributed by atoms with Gasteiger partial charge in [-0.2, -0.15) is 5.10 Å². The van der Waals surface area contributed by atoms with Gasteiger partial charge in [0.25, 0.3) is 0 Å². The van der Waals surface area contributed by atoms with Crippen LogP contribution in [0.3, 0.4) is 0 Å². The highest BCUT2D eigenvalue weighted by Gasteiger charge is 2.17. The van der Waals surface area contributed by atoms with Crippen molar-refractivity contribution in [3.8, 4) is 5.69 Å². The molecule has 2 N–H and O–H groups in total. The number of aryl methyl sites for hydroxylation is 1. The molecule has 0 radical (unpaired) electrons. The Labute approximate surface area is 155 Å². The fraction of sp³-hybridized carbons (Fsp3) is 0.250. The molecule has 0 aliphatic carbocycles. The smallest absolute Gasteiger partial charge is 0.151 e. The van der Waals surface area contributed by atoms with Gasteiger partial charge in [-0.05, 0) is 32.0 Å². The van der Waals surface area contributed by atoms with Crippen molar-refractivity contribution in [2.45, 2.75) is 26.5 Å². The van der Waals surface area contributed by atoms with Crippen molar-refractivity contribution in [3.63, 3.8) is 0 Å². The summed E-state index contributed by atoms with van der Waals surface area (Å²) in [5, 5.41) is 17.6. The fourth-order valence-corrected chi connectivity index (χ4v) is 3.01. The van der Waals surface area contributed by atoms with E-state index in [0.717, 1.165) is 11.6 Å². The largest absolute Gasteiger partial charge is 0.387 e. The summed E-state index contributed by atoms with van der Waals surface area (Å²) >= 11 is 0. The van der Waals surface area contributed by atoms with Gasteiger partial charge in [0.1, 0.15) is 17.3 Å². The Hall–Kier alpha value is -2.64. The number of aliphatic hydroxyl groups is 1. The Balaban J connectivity index is 1.73. The molecule has 0 amide bonds. The molecule has 0 aliphatic heterocycles. The molecule has 27 heavy (non-hydrogen) atoms. The average Bonchev–Trinajstić information content (AvgIpc) is 2.90. The molecule has 0 bridgehead atoms. The number of hydrogen-bond donors (Lipinski definition) is 2. The summed E-state index contributed by atoms with van der Waals surface area (Å²) in [7, 11) is 0. The zero-order chi connectivity index (χ0) is 19.6. The predicted octanol–water partition coefficient (Wildman–Crippen LogP) is 3.73. The lowest BCUT2D eigenvalue weighted by molar-refractivity contribution is 0.169. The van der Waals surface area contributed by atoms with Gasteiger partial charge in [0.05, 0.1) is 11.8 Å². The zero-order valence-electron chi connectivity index (χ0n) is 15.0. The maximum atomic E-state index is 14.1. The molecule has 1 heterocycles. The Kier molecular flexibility index (Phi) is 5.62. The van der Waals surface area contributed by atoms with Crippen molar-refractivity contribution in [3.05, 3.63) is 82.4 Å². The molecule has 3 rings (SSSR count). The number of aromatic nitrogens is 2. The number of nitrogens with one attached hydrogen (secondary N) is 1. The highest BCUT2D eigenvalue weighted by molar-refractivity contribution is 5.38. The van der Waals surface area contributed by atoms with E-state index >= 15 is 0 Å². The highest BCUT2D eigenvalue weighted by atomic mass is 19.1. The molecule has 1 atom stereocenters. The van der Waals surface area contributed by atoms with Gasteiger partial charge in [-0.15, -0.1) is 0 Å². The molecular weight excluding hydrogens is 355 g/mol. The lowest BCUT2D eigenvalue weighted by atomic mass is 10.1. The minimum Gasteiger partial charge on any atom is -0.387 e. The normalized spacial score (nSPS) is 12.4. The Morgan fingerprint density at radius 1 is 1.07 bits per heavy atom. The number of hydrogen-bond acceptors (Lipinski definition) is 3. The van der Waals surface area contributed by atoms with Crippen LogP contribution in [0.5, 0.6) is 0 Å². The van der Waals surface area contributed by atoms with Crippen molar-refractivity contribution in [2.24, 2.45) is 0 Å². The molecule has 0 saturated heterocycles. The van der Waals surface area contributed by atoms with Crippen LogP contribution >= 0.6 is 0 Å². The second-order valence-electron chi connectivity index (χ2n) is 6.33. The molecule has 0 saturated carbocycles.